The molecule has 0 spiro atoms. The molecule has 1 unspecified atom stereocenters. The van der Waals surface area contributed by atoms with Crippen LogP contribution in [0.15, 0.2) is 21.5 Å². The lowest BCUT2D eigenvalue weighted by Crippen LogP contribution is -2.35. The van der Waals surface area contributed by atoms with Gasteiger partial charge < -0.3 is 10.8 Å². The van der Waals surface area contributed by atoms with Gasteiger partial charge in [-0.1, -0.05) is 18.5 Å². The van der Waals surface area contributed by atoms with Crippen molar-refractivity contribution in [3.05, 3.63) is 21.6 Å². The highest BCUT2D eigenvalue weighted by Gasteiger charge is 2.23. The lowest BCUT2D eigenvalue weighted by atomic mass is 10.2. The summed E-state index contributed by atoms with van der Waals surface area (Å²) < 4.78 is 27.3. The van der Waals surface area contributed by atoms with Crippen LogP contribution in [0, 0.1) is 0 Å². The second-order valence-electron chi connectivity index (χ2n) is 4.05. The van der Waals surface area contributed by atoms with Crippen molar-refractivity contribution in [1.82, 2.24) is 4.72 Å². The van der Waals surface area contributed by atoms with Crippen LogP contribution in [0.3, 0.4) is 0 Å². The molecule has 1 aromatic carbocycles. The summed E-state index contributed by atoms with van der Waals surface area (Å²) in [5.41, 5.74) is 5.93. The van der Waals surface area contributed by atoms with E-state index in [0.717, 1.165) is 0 Å². The summed E-state index contributed by atoms with van der Waals surface area (Å²) in [5, 5.41) is 9.14. The quantitative estimate of drug-likeness (QED) is 0.668. The molecule has 8 heteroatoms. The van der Waals surface area contributed by atoms with Gasteiger partial charge >= 0.3 is 0 Å². The van der Waals surface area contributed by atoms with Crippen LogP contribution in [0.4, 0.5) is 5.69 Å². The first kappa shape index (κ1) is 16.7. The van der Waals surface area contributed by atoms with Crippen LogP contribution in [0.25, 0.3) is 0 Å². The summed E-state index contributed by atoms with van der Waals surface area (Å²) in [6, 6.07) is 2.47. The topological polar surface area (TPSA) is 92.4 Å². The van der Waals surface area contributed by atoms with E-state index in [0.29, 0.717) is 12.8 Å². The van der Waals surface area contributed by atoms with Crippen LogP contribution in [0.2, 0.25) is 5.02 Å². The number of nitrogens with one attached hydrogen (secondary N) is 1. The Hall–Kier alpha value is -0.340. The largest absolute Gasteiger partial charge is 0.398 e. The Morgan fingerprint density at radius 1 is 1.53 bits per heavy atom. The molecule has 0 amide bonds. The maximum atomic E-state index is 12.3. The minimum atomic E-state index is -3.74. The lowest BCUT2D eigenvalue weighted by molar-refractivity contribution is 0.270. The molecule has 0 bridgehead atoms. The number of sulfonamides is 1. The zero-order chi connectivity index (χ0) is 14.6. The molecule has 108 valence electrons. The maximum Gasteiger partial charge on any atom is 0.242 e. The number of rotatable bonds is 6. The van der Waals surface area contributed by atoms with E-state index in [4.69, 9.17) is 22.4 Å². The predicted molar refractivity (Wildman–Crippen MR) is 79.7 cm³/mol. The van der Waals surface area contributed by atoms with Crippen LogP contribution in [-0.2, 0) is 10.0 Å². The van der Waals surface area contributed by atoms with E-state index in [1.165, 1.54) is 12.1 Å². The van der Waals surface area contributed by atoms with Crippen molar-refractivity contribution < 1.29 is 13.5 Å². The van der Waals surface area contributed by atoms with E-state index in [2.05, 4.69) is 20.7 Å². The zero-order valence-electron chi connectivity index (χ0n) is 10.4. The molecule has 0 radical (unpaired) electrons. The van der Waals surface area contributed by atoms with E-state index in [9.17, 15) is 8.42 Å². The molecular weight excluding hydrogens is 356 g/mol. The van der Waals surface area contributed by atoms with E-state index in [-0.39, 0.29) is 32.7 Å². The minimum Gasteiger partial charge on any atom is -0.398 e. The second-order valence-corrected chi connectivity index (χ2v) is 6.96. The summed E-state index contributed by atoms with van der Waals surface area (Å²) in [5.74, 6) is 0. The number of aliphatic hydroxyl groups is 1. The van der Waals surface area contributed by atoms with Gasteiger partial charge in [0.25, 0.3) is 0 Å². The number of benzene rings is 1. The molecule has 0 aromatic heterocycles. The SMILES string of the molecule is CCC(CCO)NS(=O)(=O)c1cc(Cl)cc(N)c1Br. The Morgan fingerprint density at radius 3 is 2.68 bits per heavy atom. The molecule has 0 aliphatic heterocycles. The Balaban J connectivity index is 3.13. The first-order chi connectivity index (χ1) is 8.81. The molecule has 5 nitrogen and oxygen atoms in total. The van der Waals surface area contributed by atoms with Crippen molar-refractivity contribution in [1.29, 1.82) is 0 Å². The third kappa shape index (κ3) is 4.32. The normalized spacial score (nSPS) is 13.5. The third-order valence-electron chi connectivity index (χ3n) is 2.61. The number of hydrogen-bond acceptors (Lipinski definition) is 4. The van der Waals surface area contributed by atoms with Crippen LogP contribution in [-0.4, -0.2) is 26.2 Å². The van der Waals surface area contributed by atoms with Crippen molar-refractivity contribution in [2.75, 3.05) is 12.3 Å². The molecule has 0 aliphatic carbocycles. The van der Waals surface area contributed by atoms with E-state index in [1.54, 1.807) is 0 Å². The Bertz CT molecular complexity index is 551. The smallest absolute Gasteiger partial charge is 0.242 e. The first-order valence-electron chi connectivity index (χ1n) is 5.69. The summed E-state index contributed by atoms with van der Waals surface area (Å²) in [6.45, 7) is 1.75. The Morgan fingerprint density at radius 2 is 2.16 bits per heavy atom. The zero-order valence-corrected chi connectivity index (χ0v) is 13.5. The molecule has 0 fully saturated rings. The van der Waals surface area contributed by atoms with Gasteiger partial charge in [0.05, 0.1) is 9.37 Å². The maximum absolute atomic E-state index is 12.3. The second kappa shape index (κ2) is 6.90. The monoisotopic (exact) mass is 370 g/mol. The molecule has 0 aliphatic rings. The van der Waals surface area contributed by atoms with Crippen molar-refractivity contribution in [3.63, 3.8) is 0 Å². The van der Waals surface area contributed by atoms with Gasteiger partial charge in [0, 0.05) is 23.4 Å². The average molecular weight is 372 g/mol. The molecule has 0 saturated heterocycles. The average Bonchev–Trinajstić information content (AvgIpc) is 2.32. The molecule has 0 saturated carbocycles. The highest BCUT2D eigenvalue weighted by atomic mass is 79.9. The van der Waals surface area contributed by atoms with Gasteiger partial charge in [-0.3, -0.25) is 0 Å². The Labute approximate surface area is 126 Å². The summed E-state index contributed by atoms with van der Waals surface area (Å²) >= 11 is 8.98. The van der Waals surface area contributed by atoms with Crippen molar-refractivity contribution in [2.45, 2.75) is 30.7 Å². The predicted octanol–water partition coefficient (Wildman–Crippen LogP) is 2.12. The van der Waals surface area contributed by atoms with Gasteiger partial charge in [0.1, 0.15) is 0 Å². The van der Waals surface area contributed by atoms with Crippen LogP contribution in [0.1, 0.15) is 19.8 Å². The molecule has 4 N–H and O–H groups in total. The number of halogens is 2. The fourth-order valence-corrected chi connectivity index (χ4v) is 4.21. The van der Waals surface area contributed by atoms with E-state index >= 15 is 0 Å². The van der Waals surface area contributed by atoms with Gasteiger partial charge in [0.15, 0.2) is 0 Å². The highest BCUT2D eigenvalue weighted by molar-refractivity contribution is 9.10. The molecule has 1 aromatic rings. The van der Waals surface area contributed by atoms with Crippen LogP contribution in [0.5, 0.6) is 0 Å². The summed E-state index contributed by atoms with van der Waals surface area (Å²) in [7, 11) is -3.74. The van der Waals surface area contributed by atoms with Crippen molar-refractivity contribution >= 4 is 43.2 Å². The van der Waals surface area contributed by atoms with E-state index < -0.39 is 10.0 Å². The minimum absolute atomic E-state index is 0.00566. The molecule has 1 atom stereocenters. The number of hydrogen-bond donors (Lipinski definition) is 3. The Kier molecular flexibility index (Phi) is 6.07. The van der Waals surface area contributed by atoms with Gasteiger partial charge in [-0.15, -0.1) is 0 Å². The summed E-state index contributed by atoms with van der Waals surface area (Å²) in [4.78, 5) is -0.00566. The lowest BCUT2D eigenvalue weighted by Gasteiger charge is -2.17. The molecule has 19 heavy (non-hydrogen) atoms. The number of aliphatic hydroxyl groups excluding tert-OH is 1. The fraction of sp³-hybridized carbons (Fsp3) is 0.455. The van der Waals surface area contributed by atoms with Crippen LogP contribution >= 0.6 is 27.5 Å². The number of nitrogens with two attached hydrogens (primary N) is 1. The van der Waals surface area contributed by atoms with Gasteiger partial charge in [0.2, 0.25) is 10.0 Å². The van der Waals surface area contributed by atoms with Crippen molar-refractivity contribution in [3.8, 4) is 0 Å². The van der Waals surface area contributed by atoms with Crippen molar-refractivity contribution in [2.24, 2.45) is 0 Å². The van der Waals surface area contributed by atoms with Gasteiger partial charge in [-0.05, 0) is 40.9 Å². The highest BCUT2D eigenvalue weighted by Crippen LogP contribution is 2.31. The molecule has 1 rings (SSSR count). The molecular formula is C11H16BrClN2O3S. The standard InChI is InChI=1S/C11H16BrClN2O3S/c1-2-8(3-4-16)15-19(17,18)10-6-7(13)5-9(14)11(10)12/h5-6,8,15-16H,2-4,14H2,1H3. The summed E-state index contributed by atoms with van der Waals surface area (Å²) in [6.07, 6.45) is 0.927. The number of anilines is 1. The third-order valence-corrected chi connectivity index (χ3v) is 5.52. The number of nitrogen functional groups attached to an aromatic ring is 1. The molecule has 0 heterocycles. The fourth-order valence-electron chi connectivity index (χ4n) is 1.57. The first-order valence-corrected chi connectivity index (χ1v) is 8.35. The van der Waals surface area contributed by atoms with Gasteiger partial charge in [-0.25, -0.2) is 13.1 Å². The van der Waals surface area contributed by atoms with Crippen LogP contribution < -0.4 is 10.5 Å². The van der Waals surface area contributed by atoms with Gasteiger partial charge in [-0.2, -0.15) is 0 Å². The van der Waals surface area contributed by atoms with E-state index in [1.807, 2.05) is 6.92 Å².